The number of nitrogens with zero attached hydrogens (tertiary/aromatic N) is 2. The van der Waals surface area contributed by atoms with Crippen LogP contribution in [0.1, 0.15) is 10.5 Å². The van der Waals surface area contributed by atoms with Gasteiger partial charge in [0.25, 0.3) is 0 Å². The second kappa shape index (κ2) is 7.44. The van der Waals surface area contributed by atoms with Gasteiger partial charge >= 0.3 is 12.3 Å². The van der Waals surface area contributed by atoms with Gasteiger partial charge in [-0.05, 0) is 42.5 Å². The van der Waals surface area contributed by atoms with Crippen LogP contribution in [0.15, 0.2) is 46.9 Å². The van der Waals surface area contributed by atoms with Gasteiger partial charge in [-0.25, -0.2) is 13.9 Å². The maximum Gasteiger partial charge on any atom is 0.573 e. The minimum absolute atomic E-state index is 0.133. The Kier molecular flexibility index (Phi) is 5.35. The molecule has 0 spiro atoms. The largest absolute Gasteiger partial charge is 0.573 e. The average molecular weight is 480 g/mol. The molecule has 0 bridgehead atoms. The summed E-state index contributed by atoms with van der Waals surface area (Å²) in [6.45, 7) is 0. The topological polar surface area (TPSA) is 64.3 Å². The molecule has 0 saturated carbocycles. The zero-order valence-corrected chi connectivity index (χ0v) is 15.8. The van der Waals surface area contributed by atoms with Crippen LogP contribution in [0.4, 0.5) is 17.6 Å². The molecule has 1 heterocycles. The van der Waals surface area contributed by atoms with E-state index >= 15 is 0 Å². The van der Waals surface area contributed by atoms with Crippen molar-refractivity contribution in [2.75, 3.05) is 0 Å². The fourth-order valence-electron chi connectivity index (χ4n) is 2.41. The third kappa shape index (κ3) is 4.45. The van der Waals surface area contributed by atoms with Gasteiger partial charge in [-0.15, -0.1) is 13.2 Å². The summed E-state index contributed by atoms with van der Waals surface area (Å²) in [6, 6.07) is 8.36. The highest BCUT2D eigenvalue weighted by atomic mass is 79.9. The Morgan fingerprint density at radius 2 is 1.89 bits per heavy atom. The van der Waals surface area contributed by atoms with Crippen molar-refractivity contribution in [1.29, 1.82) is 0 Å². The molecule has 0 fully saturated rings. The predicted octanol–water partition coefficient (Wildman–Crippen LogP) is 5.69. The molecule has 1 aromatic heterocycles. The van der Waals surface area contributed by atoms with E-state index in [9.17, 15) is 27.5 Å². The molecule has 2 aromatic carbocycles. The molecule has 28 heavy (non-hydrogen) atoms. The van der Waals surface area contributed by atoms with Gasteiger partial charge in [-0.1, -0.05) is 27.5 Å². The number of aromatic nitrogens is 2. The van der Waals surface area contributed by atoms with Gasteiger partial charge < -0.3 is 9.84 Å². The summed E-state index contributed by atoms with van der Waals surface area (Å²) in [5, 5.41) is 12.9. The van der Waals surface area contributed by atoms with Crippen LogP contribution in [0.3, 0.4) is 0 Å². The molecule has 0 amide bonds. The predicted molar refractivity (Wildman–Crippen MR) is 95.3 cm³/mol. The van der Waals surface area contributed by atoms with Gasteiger partial charge in [0, 0.05) is 10.0 Å². The number of halogens is 6. The van der Waals surface area contributed by atoms with E-state index in [1.54, 1.807) is 0 Å². The maximum atomic E-state index is 13.4. The van der Waals surface area contributed by atoms with E-state index in [-0.39, 0.29) is 32.1 Å². The molecule has 3 aromatic rings. The highest BCUT2D eigenvalue weighted by molar-refractivity contribution is 9.10. The first-order chi connectivity index (χ1) is 13.0. The van der Waals surface area contributed by atoms with Gasteiger partial charge in [0.15, 0.2) is 5.69 Å². The zero-order chi connectivity index (χ0) is 20.6. The first kappa shape index (κ1) is 20.2. The molecule has 0 radical (unpaired) electrons. The summed E-state index contributed by atoms with van der Waals surface area (Å²) in [7, 11) is 0. The lowest BCUT2D eigenvalue weighted by Crippen LogP contribution is -2.17. The third-order valence-electron chi connectivity index (χ3n) is 3.48. The average Bonchev–Trinajstić information content (AvgIpc) is 3.01. The maximum absolute atomic E-state index is 13.4. The van der Waals surface area contributed by atoms with Gasteiger partial charge in [0.2, 0.25) is 0 Å². The lowest BCUT2D eigenvalue weighted by Gasteiger charge is -2.12. The summed E-state index contributed by atoms with van der Waals surface area (Å²) >= 11 is 8.86. The van der Waals surface area contributed by atoms with E-state index in [4.69, 9.17) is 11.6 Å². The van der Waals surface area contributed by atoms with Crippen LogP contribution >= 0.6 is 27.5 Å². The van der Waals surface area contributed by atoms with Crippen molar-refractivity contribution in [2.24, 2.45) is 0 Å². The molecule has 5 nitrogen and oxygen atoms in total. The Labute approximate surface area is 168 Å². The van der Waals surface area contributed by atoms with Crippen LogP contribution in [0.2, 0.25) is 5.02 Å². The van der Waals surface area contributed by atoms with Crippen LogP contribution < -0.4 is 4.74 Å². The van der Waals surface area contributed by atoms with E-state index < -0.39 is 23.9 Å². The number of carbonyl (C=O) groups is 1. The molecule has 0 aliphatic carbocycles. The van der Waals surface area contributed by atoms with E-state index in [0.29, 0.717) is 0 Å². The second-order valence-corrected chi connectivity index (χ2v) is 6.78. The molecule has 0 saturated heterocycles. The molecular weight excluding hydrogens is 472 g/mol. The van der Waals surface area contributed by atoms with Crippen molar-refractivity contribution < 1.29 is 32.2 Å². The van der Waals surface area contributed by atoms with Crippen LogP contribution in [-0.4, -0.2) is 27.2 Å². The minimum atomic E-state index is -4.91. The van der Waals surface area contributed by atoms with E-state index in [1.807, 2.05) is 0 Å². The van der Waals surface area contributed by atoms with E-state index in [0.717, 1.165) is 22.9 Å². The second-order valence-electron chi connectivity index (χ2n) is 5.45. The van der Waals surface area contributed by atoms with Crippen LogP contribution in [0.25, 0.3) is 16.9 Å². The van der Waals surface area contributed by atoms with E-state index in [1.165, 1.54) is 24.3 Å². The van der Waals surface area contributed by atoms with Crippen molar-refractivity contribution in [2.45, 2.75) is 6.36 Å². The monoisotopic (exact) mass is 478 g/mol. The van der Waals surface area contributed by atoms with Crippen LogP contribution in [0.5, 0.6) is 5.75 Å². The number of alkyl halides is 3. The molecule has 0 aliphatic heterocycles. The number of rotatable bonds is 4. The van der Waals surface area contributed by atoms with Crippen LogP contribution in [0, 0.1) is 5.82 Å². The quantitative estimate of drug-likeness (QED) is 0.488. The normalized spacial score (nSPS) is 11.5. The number of carboxylic acid groups (broad SMARTS) is 1. The first-order valence-corrected chi connectivity index (χ1v) is 8.56. The summed E-state index contributed by atoms with van der Waals surface area (Å²) in [6.07, 6.45) is -4.91. The first-order valence-electron chi connectivity index (χ1n) is 7.39. The summed E-state index contributed by atoms with van der Waals surface area (Å²) in [5.74, 6) is -2.56. The van der Waals surface area contributed by atoms with E-state index in [2.05, 4.69) is 25.8 Å². The number of benzene rings is 2. The standard InChI is InChI=1S/C17H8BrClF4N2O3/c18-9-3-8(4-11(5-9)28-17(21,22)23)15-7-14(16(26)27)24-25(15)10-1-2-13(20)12(19)6-10/h1-7H,(H,26,27). The summed E-state index contributed by atoms with van der Waals surface area (Å²) < 4.78 is 56.5. The number of carboxylic acids is 1. The molecule has 3 rings (SSSR count). The Hall–Kier alpha value is -2.59. The van der Waals surface area contributed by atoms with Crippen molar-refractivity contribution >= 4 is 33.5 Å². The van der Waals surface area contributed by atoms with Crippen molar-refractivity contribution in [3.8, 4) is 22.7 Å². The van der Waals surface area contributed by atoms with Crippen molar-refractivity contribution in [3.05, 3.63) is 63.5 Å². The number of hydrogen-bond donors (Lipinski definition) is 1. The Bertz CT molecular complexity index is 1070. The molecule has 1 N–H and O–H groups in total. The Balaban J connectivity index is 2.18. The number of aromatic carboxylic acids is 1. The van der Waals surface area contributed by atoms with Crippen molar-refractivity contribution in [3.63, 3.8) is 0 Å². The molecule has 0 atom stereocenters. The summed E-state index contributed by atoms with van der Waals surface area (Å²) in [4.78, 5) is 11.3. The third-order valence-corrected chi connectivity index (χ3v) is 4.22. The smallest absolute Gasteiger partial charge is 0.476 e. The highest BCUT2D eigenvalue weighted by Crippen LogP contribution is 2.33. The Morgan fingerprint density at radius 1 is 1.18 bits per heavy atom. The molecule has 146 valence electrons. The summed E-state index contributed by atoms with van der Waals surface area (Å²) in [5.41, 5.74) is 0.156. The van der Waals surface area contributed by atoms with Crippen molar-refractivity contribution in [1.82, 2.24) is 9.78 Å². The van der Waals surface area contributed by atoms with Gasteiger partial charge in [-0.2, -0.15) is 5.10 Å². The Morgan fingerprint density at radius 3 is 2.50 bits per heavy atom. The highest BCUT2D eigenvalue weighted by Gasteiger charge is 2.31. The fraction of sp³-hybridized carbons (Fsp3) is 0.0588. The van der Waals surface area contributed by atoms with Gasteiger partial charge in [-0.3, -0.25) is 0 Å². The zero-order valence-electron chi connectivity index (χ0n) is 13.5. The lowest BCUT2D eigenvalue weighted by molar-refractivity contribution is -0.274. The van der Waals surface area contributed by atoms with Gasteiger partial charge in [0.05, 0.1) is 16.4 Å². The lowest BCUT2D eigenvalue weighted by atomic mass is 10.1. The SMILES string of the molecule is O=C(O)c1cc(-c2cc(Br)cc(OC(F)(F)F)c2)n(-c2ccc(F)c(Cl)c2)n1. The number of hydrogen-bond acceptors (Lipinski definition) is 3. The molecule has 0 unspecified atom stereocenters. The fourth-order valence-corrected chi connectivity index (χ4v) is 3.06. The molecule has 11 heteroatoms. The van der Waals surface area contributed by atoms with Gasteiger partial charge in [0.1, 0.15) is 11.6 Å². The molecule has 0 aliphatic rings. The number of ether oxygens (including phenoxy) is 1. The molecular formula is C17H8BrClF4N2O3. The van der Waals surface area contributed by atoms with Crippen LogP contribution in [-0.2, 0) is 0 Å². The minimum Gasteiger partial charge on any atom is -0.476 e.